The second kappa shape index (κ2) is 10.8. The van der Waals surface area contributed by atoms with Crippen molar-refractivity contribution in [1.29, 1.82) is 0 Å². The maximum atomic E-state index is 12.4. The summed E-state index contributed by atoms with van der Waals surface area (Å²) in [6.45, 7) is 2.25. The van der Waals surface area contributed by atoms with E-state index >= 15 is 0 Å². The van der Waals surface area contributed by atoms with Crippen molar-refractivity contribution < 1.29 is 46.5 Å². The average molecular weight is 548 g/mol. The Morgan fingerprint density at radius 1 is 1.03 bits per heavy atom. The molecular formula is C20H26N2O12P2. The van der Waals surface area contributed by atoms with Crippen molar-refractivity contribution in [2.45, 2.75) is 57.2 Å². The fourth-order valence-electron chi connectivity index (χ4n) is 3.90. The number of hydrogen-bond acceptors (Lipinski definition) is 10. The molecule has 3 N–H and O–H groups in total. The zero-order valence-corrected chi connectivity index (χ0v) is 21.0. The fraction of sp³-hybridized carbons (Fsp3) is 0.500. The van der Waals surface area contributed by atoms with Gasteiger partial charge in [-0.15, -0.1) is 0 Å². The molecule has 16 heteroatoms. The molecule has 14 nitrogen and oxygen atoms in total. The van der Waals surface area contributed by atoms with Gasteiger partial charge in [-0.1, -0.05) is 30.3 Å². The molecule has 2 aliphatic heterocycles. The molecular weight excluding hydrogens is 522 g/mol. The number of benzene rings is 1. The van der Waals surface area contributed by atoms with E-state index in [2.05, 4.69) is 13.8 Å². The first-order chi connectivity index (χ1) is 16.9. The number of phosphoric ester groups is 2. The summed E-state index contributed by atoms with van der Waals surface area (Å²) in [5, 5.41) is 0. The van der Waals surface area contributed by atoms with Crippen LogP contribution in [0.25, 0.3) is 0 Å². The first-order valence-corrected chi connectivity index (χ1v) is 13.9. The summed E-state index contributed by atoms with van der Waals surface area (Å²) in [5.74, 6) is 0. The highest BCUT2D eigenvalue weighted by molar-refractivity contribution is 7.61. The van der Waals surface area contributed by atoms with Crippen LogP contribution in [0.1, 0.15) is 25.6 Å². The molecule has 0 aliphatic carbocycles. The van der Waals surface area contributed by atoms with E-state index in [-0.39, 0.29) is 0 Å². The Hall–Kier alpha value is -1.96. The van der Waals surface area contributed by atoms with Crippen molar-refractivity contribution in [2.75, 3.05) is 6.61 Å². The van der Waals surface area contributed by atoms with E-state index in [1.165, 1.54) is 20.0 Å². The van der Waals surface area contributed by atoms with Crippen molar-refractivity contribution in [3.63, 3.8) is 0 Å². The molecule has 0 amide bonds. The lowest BCUT2D eigenvalue weighted by Gasteiger charge is -2.22. The van der Waals surface area contributed by atoms with Gasteiger partial charge in [0.25, 0.3) is 5.56 Å². The number of aromatic amines is 1. The van der Waals surface area contributed by atoms with Crippen LogP contribution in [0.2, 0.25) is 0 Å². The number of aromatic nitrogens is 2. The molecule has 36 heavy (non-hydrogen) atoms. The van der Waals surface area contributed by atoms with Crippen LogP contribution in [0.4, 0.5) is 0 Å². The number of phosphoric acid groups is 2. The fourth-order valence-corrected chi connectivity index (χ4v) is 6.15. The topological polar surface area (TPSA) is 185 Å². The van der Waals surface area contributed by atoms with Gasteiger partial charge >= 0.3 is 21.3 Å². The average Bonchev–Trinajstić information content (AvgIpc) is 3.30. The predicted octanol–water partition coefficient (Wildman–Crippen LogP) is 1.45. The van der Waals surface area contributed by atoms with Crippen LogP contribution in [0, 0.1) is 0 Å². The highest BCUT2D eigenvalue weighted by atomic mass is 31.3. The van der Waals surface area contributed by atoms with Crippen LogP contribution in [0.3, 0.4) is 0 Å². The highest BCUT2D eigenvalue weighted by Gasteiger charge is 2.54. The molecule has 4 unspecified atom stereocenters. The molecule has 2 saturated heterocycles. The van der Waals surface area contributed by atoms with E-state index < -0.39 is 70.4 Å². The van der Waals surface area contributed by atoms with Gasteiger partial charge in [-0.05, 0) is 19.4 Å². The summed E-state index contributed by atoms with van der Waals surface area (Å²) in [5.41, 5.74) is -0.441. The van der Waals surface area contributed by atoms with E-state index in [1.54, 1.807) is 0 Å². The smallest absolute Gasteiger partial charge is 0.346 e. The summed E-state index contributed by atoms with van der Waals surface area (Å²) in [6.07, 6.45) is -3.71. The zero-order valence-electron chi connectivity index (χ0n) is 19.2. The molecule has 4 rings (SSSR count). The molecule has 1 aromatic heterocycles. The van der Waals surface area contributed by atoms with Gasteiger partial charge in [0.2, 0.25) is 0 Å². The minimum atomic E-state index is -5.07. The van der Waals surface area contributed by atoms with Gasteiger partial charge in [-0.3, -0.25) is 23.4 Å². The molecule has 7 atom stereocenters. The lowest BCUT2D eigenvalue weighted by molar-refractivity contribution is -0.150. The summed E-state index contributed by atoms with van der Waals surface area (Å²) in [6, 6.07) is 10.5. The maximum Gasteiger partial charge on any atom is 0.481 e. The Morgan fingerprint density at radius 3 is 2.39 bits per heavy atom. The lowest BCUT2D eigenvalue weighted by atomic mass is 10.1. The van der Waals surface area contributed by atoms with Crippen LogP contribution in [0.15, 0.2) is 52.2 Å². The quantitative estimate of drug-likeness (QED) is 0.364. The zero-order chi connectivity index (χ0) is 26.1. The van der Waals surface area contributed by atoms with Crippen LogP contribution >= 0.6 is 15.6 Å². The molecule has 0 radical (unpaired) electrons. The second-order valence-electron chi connectivity index (χ2n) is 8.37. The van der Waals surface area contributed by atoms with Crippen LogP contribution in [0.5, 0.6) is 0 Å². The Labute approximate surface area is 204 Å². The summed E-state index contributed by atoms with van der Waals surface area (Å²) in [4.78, 5) is 45.6. The summed E-state index contributed by atoms with van der Waals surface area (Å²) < 4.78 is 56.9. The number of nitrogens with one attached hydrogen (secondary N) is 1. The molecule has 0 bridgehead atoms. The van der Waals surface area contributed by atoms with Gasteiger partial charge in [0.15, 0.2) is 12.5 Å². The highest BCUT2D eigenvalue weighted by Crippen LogP contribution is 2.61. The van der Waals surface area contributed by atoms with Crippen molar-refractivity contribution >= 4 is 15.6 Å². The minimum absolute atomic E-state index is 0.372. The number of fused-ring (bicyclic) bond motifs is 1. The van der Waals surface area contributed by atoms with E-state index in [0.717, 1.165) is 16.2 Å². The Bertz CT molecular complexity index is 1270. The van der Waals surface area contributed by atoms with Crippen molar-refractivity contribution in [2.24, 2.45) is 0 Å². The number of rotatable bonds is 10. The van der Waals surface area contributed by atoms with Crippen molar-refractivity contribution in [3.05, 3.63) is 69.0 Å². The predicted molar refractivity (Wildman–Crippen MR) is 122 cm³/mol. The number of hydrogen-bond donors (Lipinski definition) is 3. The SMILES string of the molecule is CC(C)OP(=O)(O)OP(=O)(O)OC[C@H]1O[C@@H](n2ccc(=O)[nH]c2=O)[C@H]2OC(Cc3ccccc3)OC12. The monoisotopic (exact) mass is 548 g/mol. The van der Waals surface area contributed by atoms with Crippen molar-refractivity contribution in [1.82, 2.24) is 9.55 Å². The van der Waals surface area contributed by atoms with E-state index in [9.17, 15) is 28.5 Å². The van der Waals surface area contributed by atoms with Gasteiger partial charge in [-0.2, -0.15) is 4.31 Å². The van der Waals surface area contributed by atoms with Crippen LogP contribution < -0.4 is 11.2 Å². The van der Waals surface area contributed by atoms with E-state index in [0.29, 0.717) is 6.42 Å². The van der Waals surface area contributed by atoms with Gasteiger partial charge in [0.1, 0.15) is 18.3 Å². The lowest BCUT2D eigenvalue weighted by Crippen LogP contribution is -2.36. The largest absolute Gasteiger partial charge is 0.481 e. The molecule has 2 aliphatic rings. The van der Waals surface area contributed by atoms with E-state index in [1.807, 2.05) is 30.3 Å². The molecule has 2 aromatic rings. The Kier molecular flexibility index (Phi) is 8.13. The molecule has 3 heterocycles. The number of H-pyrrole nitrogens is 1. The van der Waals surface area contributed by atoms with Crippen LogP contribution in [-0.4, -0.2) is 56.7 Å². The third-order valence-corrected chi connectivity index (χ3v) is 8.04. The molecule has 0 saturated carbocycles. The molecule has 198 valence electrons. The summed E-state index contributed by atoms with van der Waals surface area (Å²) in [7, 11) is -9.95. The number of nitrogens with zero attached hydrogens (tertiary/aromatic N) is 1. The van der Waals surface area contributed by atoms with Crippen LogP contribution in [-0.2, 0) is 43.1 Å². The summed E-state index contributed by atoms with van der Waals surface area (Å²) >= 11 is 0. The Balaban J connectivity index is 1.51. The second-order valence-corrected chi connectivity index (χ2v) is 11.4. The maximum absolute atomic E-state index is 12.4. The first kappa shape index (κ1) is 27.1. The third-order valence-electron chi connectivity index (χ3n) is 5.23. The normalized spacial score (nSPS) is 29.1. The Morgan fingerprint density at radius 2 is 1.72 bits per heavy atom. The third kappa shape index (κ3) is 6.67. The van der Waals surface area contributed by atoms with E-state index in [4.69, 9.17) is 18.7 Å². The van der Waals surface area contributed by atoms with Gasteiger partial charge < -0.3 is 24.0 Å². The van der Waals surface area contributed by atoms with Crippen molar-refractivity contribution in [3.8, 4) is 0 Å². The molecule has 1 aromatic carbocycles. The van der Waals surface area contributed by atoms with Gasteiger partial charge in [-0.25, -0.2) is 13.9 Å². The molecule has 2 fully saturated rings. The minimum Gasteiger partial charge on any atom is -0.346 e. The van der Waals surface area contributed by atoms with Gasteiger partial charge in [0.05, 0.1) is 12.7 Å². The first-order valence-electron chi connectivity index (χ1n) is 10.9. The standard InChI is InChI=1S/C20H26N2O12P2/c1-12(2)33-36(27,28)34-35(25,26)29-11-14-17-18(19(30-14)22-9-8-15(23)21-20(22)24)32-16(31-17)10-13-6-4-3-5-7-13/h3-9,12,14,16-19H,10-11H2,1-2H3,(H,25,26)(H,27,28)(H,21,23,24)/t14-,16?,17?,18+,19-/m1/s1. The number of ether oxygens (including phenoxy) is 3. The molecule has 0 spiro atoms. The van der Waals surface area contributed by atoms with Gasteiger partial charge in [0, 0.05) is 18.7 Å².